The SMILES string of the molecule is COc1cccc(NC(=O)NC[C@H](Cc2ccc(F)cc2)C(N)=O)c1. The van der Waals surface area contributed by atoms with Gasteiger partial charge in [0.05, 0.1) is 13.0 Å². The first-order chi connectivity index (χ1) is 12.0. The van der Waals surface area contributed by atoms with Gasteiger partial charge >= 0.3 is 6.03 Å². The van der Waals surface area contributed by atoms with E-state index in [0.29, 0.717) is 17.9 Å². The highest BCUT2D eigenvalue weighted by atomic mass is 19.1. The molecular formula is C18H20FN3O3. The van der Waals surface area contributed by atoms with Crippen molar-refractivity contribution in [3.8, 4) is 5.75 Å². The molecule has 0 saturated carbocycles. The van der Waals surface area contributed by atoms with E-state index in [9.17, 15) is 14.0 Å². The molecule has 0 aliphatic carbocycles. The highest BCUT2D eigenvalue weighted by molar-refractivity contribution is 5.89. The average molecular weight is 345 g/mol. The first kappa shape index (κ1) is 18.3. The van der Waals surface area contributed by atoms with Crippen LogP contribution in [0.5, 0.6) is 5.75 Å². The smallest absolute Gasteiger partial charge is 0.319 e. The van der Waals surface area contributed by atoms with E-state index < -0.39 is 17.9 Å². The lowest BCUT2D eigenvalue weighted by atomic mass is 9.98. The molecule has 2 aromatic carbocycles. The molecular weight excluding hydrogens is 325 g/mol. The average Bonchev–Trinajstić information content (AvgIpc) is 2.60. The third kappa shape index (κ3) is 5.80. The summed E-state index contributed by atoms with van der Waals surface area (Å²) in [4.78, 5) is 23.6. The Morgan fingerprint density at radius 3 is 2.56 bits per heavy atom. The van der Waals surface area contributed by atoms with E-state index in [2.05, 4.69) is 10.6 Å². The Labute approximate surface area is 145 Å². The Kier molecular flexibility index (Phi) is 6.33. The molecule has 2 aromatic rings. The van der Waals surface area contributed by atoms with Crippen LogP contribution in [0, 0.1) is 11.7 Å². The van der Waals surface area contributed by atoms with E-state index in [1.165, 1.54) is 19.2 Å². The van der Waals surface area contributed by atoms with Crippen molar-refractivity contribution in [3.05, 3.63) is 59.9 Å². The molecule has 132 valence electrons. The monoisotopic (exact) mass is 345 g/mol. The normalized spacial score (nSPS) is 11.4. The standard InChI is InChI=1S/C18H20FN3O3/c1-25-16-4-2-3-15(10-16)22-18(24)21-11-13(17(20)23)9-12-5-7-14(19)8-6-12/h2-8,10,13H,9,11H2,1H3,(H2,20,23)(H2,21,22,24)/t13-/m0/s1. The van der Waals surface area contributed by atoms with Crippen molar-refractivity contribution in [2.75, 3.05) is 19.0 Å². The number of ether oxygens (including phenoxy) is 1. The van der Waals surface area contributed by atoms with Gasteiger partial charge in [0.25, 0.3) is 0 Å². The number of hydrogen-bond donors (Lipinski definition) is 3. The Bertz CT molecular complexity index is 735. The van der Waals surface area contributed by atoms with Crippen molar-refractivity contribution in [1.82, 2.24) is 5.32 Å². The van der Waals surface area contributed by atoms with Crippen LogP contribution in [0.3, 0.4) is 0 Å². The molecule has 7 heteroatoms. The van der Waals surface area contributed by atoms with Crippen molar-refractivity contribution >= 4 is 17.6 Å². The summed E-state index contributed by atoms with van der Waals surface area (Å²) in [6.45, 7) is 0.0719. The molecule has 4 N–H and O–H groups in total. The molecule has 0 radical (unpaired) electrons. The Morgan fingerprint density at radius 2 is 1.92 bits per heavy atom. The summed E-state index contributed by atoms with van der Waals surface area (Å²) in [5.74, 6) is -0.869. The van der Waals surface area contributed by atoms with Gasteiger partial charge in [-0.05, 0) is 36.2 Å². The van der Waals surface area contributed by atoms with E-state index in [1.807, 2.05) is 0 Å². The highest BCUT2D eigenvalue weighted by Gasteiger charge is 2.17. The first-order valence-corrected chi connectivity index (χ1v) is 7.70. The third-order valence-electron chi connectivity index (χ3n) is 3.63. The number of carbonyl (C=O) groups excluding carboxylic acids is 2. The van der Waals surface area contributed by atoms with E-state index in [-0.39, 0.29) is 12.4 Å². The van der Waals surface area contributed by atoms with Crippen molar-refractivity contribution < 1.29 is 18.7 Å². The number of halogens is 1. The largest absolute Gasteiger partial charge is 0.497 e. The topological polar surface area (TPSA) is 93.4 Å². The zero-order chi connectivity index (χ0) is 18.2. The summed E-state index contributed by atoms with van der Waals surface area (Å²) in [7, 11) is 1.53. The van der Waals surface area contributed by atoms with Gasteiger partial charge in [0.1, 0.15) is 11.6 Å². The zero-order valence-electron chi connectivity index (χ0n) is 13.8. The maximum Gasteiger partial charge on any atom is 0.319 e. The number of nitrogens with two attached hydrogens (primary N) is 1. The van der Waals surface area contributed by atoms with Crippen LogP contribution in [0.1, 0.15) is 5.56 Å². The molecule has 3 amide bonds. The quantitative estimate of drug-likeness (QED) is 0.719. The van der Waals surface area contributed by atoms with Gasteiger partial charge in [-0.2, -0.15) is 0 Å². The molecule has 0 aromatic heterocycles. The second kappa shape index (κ2) is 8.68. The maximum absolute atomic E-state index is 12.9. The lowest BCUT2D eigenvalue weighted by Gasteiger charge is -2.15. The zero-order valence-corrected chi connectivity index (χ0v) is 13.8. The number of methoxy groups -OCH3 is 1. The number of anilines is 1. The summed E-state index contributed by atoms with van der Waals surface area (Å²) >= 11 is 0. The molecule has 1 atom stereocenters. The first-order valence-electron chi connectivity index (χ1n) is 7.70. The van der Waals surface area contributed by atoms with Gasteiger partial charge in [-0.1, -0.05) is 18.2 Å². The molecule has 0 saturated heterocycles. The highest BCUT2D eigenvalue weighted by Crippen LogP contribution is 2.16. The van der Waals surface area contributed by atoms with Crippen molar-refractivity contribution in [3.63, 3.8) is 0 Å². The summed E-state index contributed by atoms with van der Waals surface area (Å²) < 4.78 is 18.0. The molecule has 0 bridgehead atoms. The van der Waals surface area contributed by atoms with Crippen LogP contribution in [0.15, 0.2) is 48.5 Å². The van der Waals surface area contributed by atoms with Gasteiger partial charge < -0.3 is 21.1 Å². The number of rotatable bonds is 7. The van der Waals surface area contributed by atoms with Crippen molar-refractivity contribution in [2.24, 2.45) is 11.7 Å². The van der Waals surface area contributed by atoms with E-state index >= 15 is 0 Å². The molecule has 0 heterocycles. The Balaban J connectivity index is 1.90. The fourth-order valence-electron chi connectivity index (χ4n) is 2.27. The van der Waals surface area contributed by atoms with Crippen molar-refractivity contribution in [2.45, 2.75) is 6.42 Å². The van der Waals surface area contributed by atoms with Crippen LogP contribution in [-0.4, -0.2) is 25.6 Å². The minimum atomic E-state index is -0.596. The number of hydrogen-bond acceptors (Lipinski definition) is 3. The van der Waals surface area contributed by atoms with Gasteiger partial charge in [0, 0.05) is 18.3 Å². The summed E-state index contributed by atoms with van der Waals surface area (Å²) in [6.07, 6.45) is 0.315. The predicted molar refractivity (Wildman–Crippen MR) is 92.8 cm³/mol. The molecule has 6 nitrogen and oxygen atoms in total. The number of primary amides is 1. The minimum Gasteiger partial charge on any atom is -0.497 e. The van der Waals surface area contributed by atoms with Crippen LogP contribution < -0.4 is 21.1 Å². The molecule has 0 aliphatic rings. The lowest BCUT2D eigenvalue weighted by molar-refractivity contribution is -0.121. The van der Waals surface area contributed by atoms with Gasteiger partial charge in [-0.15, -0.1) is 0 Å². The van der Waals surface area contributed by atoms with Crippen LogP contribution in [0.25, 0.3) is 0 Å². The van der Waals surface area contributed by atoms with E-state index in [1.54, 1.807) is 36.4 Å². The lowest BCUT2D eigenvalue weighted by Crippen LogP contribution is -2.39. The number of urea groups is 1. The number of amides is 3. The van der Waals surface area contributed by atoms with Gasteiger partial charge in [0.15, 0.2) is 0 Å². The van der Waals surface area contributed by atoms with E-state index in [0.717, 1.165) is 5.56 Å². The third-order valence-corrected chi connectivity index (χ3v) is 3.63. The van der Waals surface area contributed by atoms with Crippen LogP contribution in [0.2, 0.25) is 0 Å². The number of carbonyl (C=O) groups is 2. The summed E-state index contributed by atoms with van der Waals surface area (Å²) in [6, 6.07) is 12.2. The maximum atomic E-state index is 12.9. The number of benzene rings is 2. The van der Waals surface area contributed by atoms with Gasteiger partial charge in [-0.3, -0.25) is 4.79 Å². The fraction of sp³-hybridized carbons (Fsp3) is 0.222. The van der Waals surface area contributed by atoms with Gasteiger partial charge in [0.2, 0.25) is 5.91 Å². The number of nitrogens with one attached hydrogen (secondary N) is 2. The second-order valence-electron chi connectivity index (χ2n) is 5.50. The van der Waals surface area contributed by atoms with Crippen molar-refractivity contribution in [1.29, 1.82) is 0 Å². The molecule has 0 aliphatic heterocycles. The molecule has 0 spiro atoms. The minimum absolute atomic E-state index is 0.0719. The van der Waals surface area contributed by atoms with Gasteiger partial charge in [-0.25, -0.2) is 9.18 Å². The Morgan fingerprint density at radius 1 is 1.20 bits per heavy atom. The van der Waals surface area contributed by atoms with Crippen LogP contribution >= 0.6 is 0 Å². The fourth-order valence-corrected chi connectivity index (χ4v) is 2.27. The predicted octanol–water partition coefficient (Wildman–Crippen LogP) is 2.30. The molecule has 0 fully saturated rings. The Hall–Kier alpha value is -3.09. The van der Waals surface area contributed by atoms with E-state index in [4.69, 9.17) is 10.5 Å². The molecule has 25 heavy (non-hydrogen) atoms. The molecule has 0 unspecified atom stereocenters. The summed E-state index contributed by atoms with van der Waals surface area (Å²) in [5.41, 5.74) is 6.72. The van der Waals surface area contributed by atoms with Crippen LogP contribution in [-0.2, 0) is 11.2 Å². The summed E-state index contributed by atoms with van der Waals surface area (Å²) in [5, 5.41) is 5.27. The van der Waals surface area contributed by atoms with Crippen LogP contribution in [0.4, 0.5) is 14.9 Å². The molecule has 2 rings (SSSR count). The second-order valence-corrected chi connectivity index (χ2v) is 5.50.